The summed E-state index contributed by atoms with van der Waals surface area (Å²) >= 11 is 0. The fraction of sp³-hybridized carbons (Fsp3) is 0.391. The number of nitrogens with zero attached hydrogens (tertiary/aromatic N) is 3. The summed E-state index contributed by atoms with van der Waals surface area (Å²) in [5, 5.41) is 0.844. The Morgan fingerprint density at radius 1 is 1.07 bits per heavy atom. The van der Waals surface area contributed by atoms with E-state index in [0.717, 1.165) is 52.0 Å². The lowest BCUT2D eigenvalue weighted by Crippen LogP contribution is -2.19. The van der Waals surface area contributed by atoms with Gasteiger partial charge in [0, 0.05) is 22.9 Å². The standard InChI is InChI=1S/C23H26FN3O/c1-6-7-10-28-20-13-18-19(11-14(20)2)27-21(25-18)16-9-8-15(24)12-17(16)26-22(27)23(3,4)5/h8-9,11-13H,6-7,10H2,1-5H3. The maximum Gasteiger partial charge on any atom is 0.148 e. The minimum Gasteiger partial charge on any atom is -0.493 e. The van der Waals surface area contributed by atoms with Gasteiger partial charge in [-0.25, -0.2) is 14.4 Å². The second-order valence-electron chi connectivity index (χ2n) is 8.43. The van der Waals surface area contributed by atoms with Crippen molar-refractivity contribution < 1.29 is 9.13 Å². The maximum atomic E-state index is 13.8. The topological polar surface area (TPSA) is 39.4 Å². The summed E-state index contributed by atoms with van der Waals surface area (Å²) in [6.07, 6.45) is 2.12. The van der Waals surface area contributed by atoms with Gasteiger partial charge in [-0.15, -0.1) is 0 Å². The van der Waals surface area contributed by atoms with Gasteiger partial charge in [0.15, 0.2) is 0 Å². The Labute approximate surface area is 164 Å². The minimum atomic E-state index is -0.289. The summed E-state index contributed by atoms with van der Waals surface area (Å²) in [5.41, 5.74) is 4.14. The van der Waals surface area contributed by atoms with Crippen LogP contribution in [-0.2, 0) is 5.41 Å². The van der Waals surface area contributed by atoms with Crippen LogP contribution in [0.15, 0.2) is 30.3 Å². The Bertz CT molecular complexity index is 1190. The van der Waals surface area contributed by atoms with E-state index in [1.165, 1.54) is 12.1 Å². The van der Waals surface area contributed by atoms with Crippen molar-refractivity contribution in [3.8, 4) is 5.75 Å². The van der Waals surface area contributed by atoms with Crippen molar-refractivity contribution in [1.29, 1.82) is 0 Å². The highest BCUT2D eigenvalue weighted by molar-refractivity contribution is 5.97. The van der Waals surface area contributed by atoms with E-state index in [2.05, 4.69) is 45.1 Å². The highest BCUT2D eigenvalue weighted by Gasteiger charge is 2.24. The average molecular weight is 379 g/mol. The molecule has 5 heteroatoms. The van der Waals surface area contributed by atoms with Crippen molar-refractivity contribution in [2.45, 2.75) is 52.9 Å². The molecule has 0 radical (unpaired) electrons. The van der Waals surface area contributed by atoms with Crippen LogP contribution in [0, 0.1) is 12.7 Å². The molecular formula is C23H26FN3O. The van der Waals surface area contributed by atoms with Gasteiger partial charge >= 0.3 is 0 Å². The van der Waals surface area contributed by atoms with Crippen molar-refractivity contribution in [1.82, 2.24) is 14.4 Å². The van der Waals surface area contributed by atoms with E-state index in [-0.39, 0.29) is 11.2 Å². The van der Waals surface area contributed by atoms with Gasteiger partial charge < -0.3 is 4.74 Å². The number of fused-ring (bicyclic) bond motifs is 5. The highest BCUT2D eigenvalue weighted by Crippen LogP contribution is 2.33. The van der Waals surface area contributed by atoms with Gasteiger partial charge in [0.25, 0.3) is 0 Å². The molecule has 0 atom stereocenters. The molecule has 2 aromatic carbocycles. The van der Waals surface area contributed by atoms with Gasteiger partial charge in [-0.05, 0) is 37.1 Å². The molecular weight excluding hydrogens is 353 g/mol. The van der Waals surface area contributed by atoms with Gasteiger partial charge in [0.1, 0.15) is 23.0 Å². The molecule has 0 amide bonds. The average Bonchev–Trinajstić information content (AvgIpc) is 2.98. The number of aromatic nitrogens is 3. The summed E-state index contributed by atoms with van der Waals surface area (Å²) in [6, 6.07) is 8.83. The number of rotatable bonds is 4. The minimum absolute atomic E-state index is 0.226. The van der Waals surface area contributed by atoms with Gasteiger partial charge in [-0.3, -0.25) is 4.40 Å². The first-order valence-electron chi connectivity index (χ1n) is 9.85. The molecule has 4 rings (SSSR count). The molecule has 4 aromatic rings. The zero-order valence-electron chi connectivity index (χ0n) is 17.1. The largest absolute Gasteiger partial charge is 0.493 e. The molecule has 2 heterocycles. The molecule has 0 saturated heterocycles. The number of ether oxygens (including phenoxy) is 1. The number of hydrogen-bond acceptors (Lipinski definition) is 3. The van der Waals surface area contributed by atoms with Crippen molar-refractivity contribution >= 4 is 27.6 Å². The molecule has 0 aliphatic heterocycles. The van der Waals surface area contributed by atoms with Crippen molar-refractivity contribution in [3.05, 3.63) is 47.5 Å². The first kappa shape index (κ1) is 18.7. The summed E-state index contributed by atoms with van der Waals surface area (Å²) in [6.45, 7) is 11.2. The lowest BCUT2D eigenvalue weighted by atomic mass is 9.95. The Balaban J connectivity index is 2.05. The van der Waals surface area contributed by atoms with Crippen LogP contribution >= 0.6 is 0 Å². The molecule has 146 valence electrons. The van der Waals surface area contributed by atoms with E-state index in [0.29, 0.717) is 12.1 Å². The van der Waals surface area contributed by atoms with Crippen LogP contribution in [0.2, 0.25) is 0 Å². The monoisotopic (exact) mass is 379 g/mol. The number of imidazole rings is 1. The molecule has 0 fully saturated rings. The van der Waals surface area contributed by atoms with E-state index in [4.69, 9.17) is 14.7 Å². The second-order valence-corrected chi connectivity index (χ2v) is 8.43. The summed E-state index contributed by atoms with van der Waals surface area (Å²) < 4.78 is 21.9. The van der Waals surface area contributed by atoms with E-state index in [1.807, 2.05) is 6.07 Å². The highest BCUT2D eigenvalue weighted by atomic mass is 19.1. The number of hydrogen-bond donors (Lipinski definition) is 0. The third-order valence-electron chi connectivity index (χ3n) is 5.02. The summed E-state index contributed by atoms with van der Waals surface area (Å²) in [7, 11) is 0. The number of unbranched alkanes of at least 4 members (excludes halogenated alkanes) is 1. The SMILES string of the molecule is CCCCOc1cc2nc3c4ccc(F)cc4nc(C(C)(C)C)n3c2cc1C. The normalized spacial score (nSPS) is 12.4. The quantitative estimate of drug-likeness (QED) is 0.411. The number of aryl methyl sites for hydroxylation is 1. The van der Waals surface area contributed by atoms with Gasteiger partial charge in [-0.1, -0.05) is 34.1 Å². The first-order valence-corrected chi connectivity index (χ1v) is 9.85. The van der Waals surface area contributed by atoms with Crippen molar-refractivity contribution in [3.63, 3.8) is 0 Å². The fourth-order valence-electron chi connectivity index (χ4n) is 3.54. The maximum absolute atomic E-state index is 13.8. The van der Waals surface area contributed by atoms with Crippen LogP contribution in [0.3, 0.4) is 0 Å². The van der Waals surface area contributed by atoms with Crippen LogP contribution < -0.4 is 4.74 Å². The lowest BCUT2D eigenvalue weighted by Gasteiger charge is -2.21. The first-order chi connectivity index (χ1) is 13.3. The third-order valence-corrected chi connectivity index (χ3v) is 5.02. The zero-order chi connectivity index (χ0) is 20.1. The predicted octanol–water partition coefficient (Wildman–Crippen LogP) is 5.96. The van der Waals surface area contributed by atoms with E-state index < -0.39 is 0 Å². The number of benzene rings is 2. The van der Waals surface area contributed by atoms with E-state index in [9.17, 15) is 4.39 Å². The molecule has 2 aromatic heterocycles. The lowest BCUT2D eigenvalue weighted by molar-refractivity contribution is 0.308. The molecule has 4 nitrogen and oxygen atoms in total. The van der Waals surface area contributed by atoms with E-state index >= 15 is 0 Å². The smallest absolute Gasteiger partial charge is 0.148 e. The molecule has 28 heavy (non-hydrogen) atoms. The summed E-state index contributed by atoms with van der Waals surface area (Å²) in [4.78, 5) is 9.72. The Hall–Kier alpha value is -2.69. The van der Waals surface area contributed by atoms with Crippen molar-refractivity contribution in [2.75, 3.05) is 6.61 Å². The molecule has 0 unspecified atom stereocenters. The van der Waals surface area contributed by atoms with Crippen LogP contribution in [0.5, 0.6) is 5.75 Å². The van der Waals surface area contributed by atoms with Gasteiger partial charge in [0.05, 0.1) is 23.2 Å². The van der Waals surface area contributed by atoms with E-state index in [1.54, 1.807) is 6.07 Å². The molecule has 0 aliphatic rings. The Morgan fingerprint density at radius 2 is 1.86 bits per heavy atom. The zero-order valence-corrected chi connectivity index (χ0v) is 17.1. The molecule has 0 spiro atoms. The van der Waals surface area contributed by atoms with Crippen LogP contribution in [0.1, 0.15) is 51.9 Å². The predicted molar refractivity (Wildman–Crippen MR) is 112 cm³/mol. The van der Waals surface area contributed by atoms with Crippen molar-refractivity contribution in [2.24, 2.45) is 0 Å². The molecule has 0 N–H and O–H groups in total. The molecule has 0 aliphatic carbocycles. The molecule has 0 saturated carbocycles. The Morgan fingerprint density at radius 3 is 2.57 bits per heavy atom. The van der Waals surface area contributed by atoms with Crippen LogP contribution in [0.25, 0.3) is 27.6 Å². The van der Waals surface area contributed by atoms with Crippen LogP contribution in [-0.4, -0.2) is 21.0 Å². The fourth-order valence-corrected chi connectivity index (χ4v) is 3.54. The summed E-state index contributed by atoms with van der Waals surface area (Å²) in [5.74, 6) is 1.44. The Kier molecular flexibility index (Phi) is 4.48. The van der Waals surface area contributed by atoms with Gasteiger partial charge in [-0.2, -0.15) is 0 Å². The molecule has 0 bridgehead atoms. The van der Waals surface area contributed by atoms with Gasteiger partial charge in [0.2, 0.25) is 0 Å². The third kappa shape index (κ3) is 3.09. The second kappa shape index (κ2) is 6.73. The van der Waals surface area contributed by atoms with Crippen LogP contribution in [0.4, 0.5) is 4.39 Å². The number of halogens is 1.